The van der Waals surface area contributed by atoms with Crippen molar-refractivity contribution in [2.75, 3.05) is 31.2 Å². The molecule has 1 rings (SSSR count). The molecule has 0 atom stereocenters. The number of hydrogen-bond donors (Lipinski definition) is 0. The Morgan fingerprint density at radius 3 is 2.45 bits per heavy atom. The summed E-state index contributed by atoms with van der Waals surface area (Å²) in [5.74, 6) is -1.53. The zero-order valence-electron chi connectivity index (χ0n) is 11.7. The summed E-state index contributed by atoms with van der Waals surface area (Å²) in [6.07, 6.45) is 2.31. The third-order valence-electron chi connectivity index (χ3n) is 3.18. The molecule has 6 nitrogen and oxygen atoms in total. The van der Waals surface area contributed by atoms with E-state index in [9.17, 15) is 18.0 Å². The van der Waals surface area contributed by atoms with Crippen LogP contribution in [0.4, 0.5) is 0 Å². The second kappa shape index (κ2) is 7.42. The monoisotopic (exact) mass is 303 g/mol. The van der Waals surface area contributed by atoms with Crippen molar-refractivity contribution in [1.82, 2.24) is 4.90 Å². The van der Waals surface area contributed by atoms with Crippen LogP contribution < -0.4 is 0 Å². The van der Waals surface area contributed by atoms with Crippen LogP contribution in [0, 0.1) is 5.92 Å². The third kappa shape index (κ3) is 4.96. The normalized spacial score (nSPS) is 16.8. The summed E-state index contributed by atoms with van der Waals surface area (Å²) in [5, 5.41) is 0. The van der Waals surface area contributed by atoms with E-state index < -0.39 is 21.5 Å². The topological polar surface area (TPSA) is 80.8 Å². The van der Waals surface area contributed by atoms with Gasteiger partial charge < -0.3 is 9.64 Å². The van der Waals surface area contributed by atoms with Crippen molar-refractivity contribution in [2.45, 2.75) is 19.8 Å². The van der Waals surface area contributed by atoms with Gasteiger partial charge in [-0.05, 0) is 19.8 Å². The van der Waals surface area contributed by atoms with Crippen LogP contribution in [0.5, 0.6) is 0 Å². The first-order valence-corrected chi connectivity index (χ1v) is 8.47. The molecule has 0 aromatic heterocycles. The van der Waals surface area contributed by atoms with Gasteiger partial charge in [0.2, 0.25) is 5.91 Å². The predicted molar refractivity (Wildman–Crippen MR) is 74.8 cm³/mol. The third-order valence-corrected chi connectivity index (χ3v) is 4.61. The Morgan fingerprint density at radius 2 is 1.95 bits per heavy atom. The van der Waals surface area contributed by atoms with Gasteiger partial charge >= 0.3 is 5.97 Å². The largest absolute Gasteiger partial charge is 0.466 e. The van der Waals surface area contributed by atoms with Gasteiger partial charge in [0.25, 0.3) is 0 Å². The molecular weight excluding hydrogens is 282 g/mol. The van der Waals surface area contributed by atoms with Crippen molar-refractivity contribution in [2.24, 2.45) is 5.92 Å². The summed E-state index contributed by atoms with van der Waals surface area (Å²) in [7, 11) is -3.42. The van der Waals surface area contributed by atoms with E-state index in [1.54, 1.807) is 6.92 Å². The van der Waals surface area contributed by atoms with Crippen LogP contribution in [0.2, 0.25) is 0 Å². The van der Waals surface area contributed by atoms with Crippen molar-refractivity contribution in [3.63, 3.8) is 0 Å². The van der Waals surface area contributed by atoms with Crippen molar-refractivity contribution >= 4 is 21.7 Å². The lowest BCUT2D eigenvalue weighted by molar-refractivity contribution is -0.151. The van der Waals surface area contributed by atoms with Gasteiger partial charge in [-0.3, -0.25) is 9.59 Å². The van der Waals surface area contributed by atoms with Crippen LogP contribution >= 0.6 is 0 Å². The SMILES string of the molecule is C=CCS(=O)(=O)CC(=O)N1CCC(C(=O)OCC)CC1. The van der Waals surface area contributed by atoms with E-state index in [-0.39, 0.29) is 17.6 Å². The van der Waals surface area contributed by atoms with E-state index >= 15 is 0 Å². The first-order valence-electron chi connectivity index (χ1n) is 6.65. The number of likely N-dealkylation sites (tertiary alicyclic amines) is 1. The summed E-state index contributed by atoms with van der Waals surface area (Å²) in [4.78, 5) is 24.9. The second-order valence-corrected chi connectivity index (χ2v) is 6.86. The van der Waals surface area contributed by atoms with Crippen LogP contribution in [0.1, 0.15) is 19.8 Å². The highest BCUT2D eigenvalue weighted by molar-refractivity contribution is 7.92. The number of piperidine rings is 1. The Hall–Kier alpha value is -1.37. The molecule has 20 heavy (non-hydrogen) atoms. The first-order chi connectivity index (χ1) is 9.39. The molecule has 0 bridgehead atoms. The molecule has 1 aliphatic heterocycles. The van der Waals surface area contributed by atoms with Crippen LogP contribution in [0.15, 0.2) is 12.7 Å². The van der Waals surface area contributed by atoms with E-state index in [0.717, 1.165) is 0 Å². The van der Waals surface area contributed by atoms with Gasteiger partial charge in [-0.15, -0.1) is 6.58 Å². The van der Waals surface area contributed by atoms with E-state index in [1.165, 1.54) is 11.0 Å². The van der Waals surface area contributed by atoms with Gasteiger partial charge in [-0.25, -0.2) is 8.42 Å². The summed E-state index contributed by atoms with van der Waals surface area (Å²) in [6.45, 7) is 6.24. The van der Waals surface area contributed by atoms with Gasteiger partial charge in [0.05, 0.1) is 18.3 Å². The Labute approximate surface area is 119 Å². The molecule has 1 saturated heterocycles. The Kier molecular flexibility index (Phi) is 6.19. The molecule has 0 N–H and O–H groups in total. The van der Waals surface area contributed by atoms with Gasteiger partial charge in [0.1, 0.15) is 5.75 Å². The minimum Gasteiger partial charge on any atom is -0.466 e. The fourth-order valence-electron chi connectivity index (χ4n) is 2.14. The van der Waals surface area contributed by atoms with E-state index in [0.29, 0.717) is 32.5 Å². The molecule has 7 heteroatoms. The smallest absolute Gasteiger partial charge is 0.309 e. The van der Waals surface area contributed by atoms with E-state index in [4.69, 9.17) is 4.74 Å². The maximum Gasteiger partial charge on any atom is 0.309 e. The molecule has 1 heterocycles. The molecule has 0 aliphatic carbocycles. The summed E-state index contributed by atoms with van der Waals surface area (Å²) in [6, 6.07) is 0. The van der Waals surface area contributed by atoms with Gasteiger partial charge in [-0.2, -0.15) is 0 Å². The zero-order valence-corrected chi connectivity index (χ0v) is 12.5. The highest BCUT2D eigenvalue weighted by Gasteiger charge is 2.29. The molecule has 0 saturated carbocycles. The number of ether oxygens (including phenoxy) is 1. The quantitative estimate of drug-likeness (QED) is 0.524. The maximum absolute atomic E-state index is 11.9. The Bertz CT molecular complexity index is 463. The Balaban J connectivity index is 2.47. The van der Waals surface area contributed by atoms with Crippen molar-refractivity contribution in [3.05, 3.63) is 12.7 Å². The number of amides is 1. The van der Waals surface area contributed by atoms with Crippen LogP contribution in [-0.2, 0) is 24.2 Å². The van der Waals surface area contributed by atoms with Crippen molar-refractivity contribution < 1.29 is 22.7 Å². The zero-order chi connectivity index (χ0) is 15.2. The molecule has 0 aromatic carbocycles. The number of hydrogen-bond acceptors (Lipinski definition) is 5. The number of rotatable bonds is 6. The van der Waals surface area contributed by atoms with Crippen molar-refractivity contribution in [3.8, 4) is 0 Å². The molecule has 0 unspecified atom stereocenters. The second-order valence-electron chi connectivity index (χ2n) is 4.75. The van der Waals surface area contributed by atoms with Gasteiger partial charge in [0, 0.05) is 13.1 Å². The van der Waals surface area contributed by atoms with Gasteiger partial charge in [-0.1, -0.05) is 6.08 Å². The lowest BCUT2D eigenvalue weighted by Gasteiger charge is -2.30. The molecule has 1 aliphatic rings. The number of esters is 1. The maximum atomic E-state index is 11.9. The summed E-state index contributed by atoms with van der Waals surface area (Å²) >= 11 is 0. The molecule has 0 aromatic rings. The van der Waals surface area contributed by atoms with E-state index in [1.807, 2.05) is 0 Å². The fourth-order valence-corrected chi connectivity index (χ4v) is 3.18. The molecule has 0 radical (unpaired) electrons. The number of carbonyl (C=O) groups excluding carboxylic acids is 2. The number of sulfone groups is 1. The lowest BCUT2D eigenvalue weighted by atomic mass is 9.97. The predicted octanol–water partition coefficient (Wildman–Crippen LogP) is 0.389. The average Bonchev–Trinajstić information content (AvgIpc) is 2.38. The fraction of sp³-hybridized carbons (Fsp3) is 0.692. The highest BCUT2D eigenvalue weighted by Crippen LogP contribution is 2.19. The molecule has 0 spiro atoms. The molecule has 114 valence electrons. The molecule has 1 fully saturated rings. The van der Waals surface area contributed by atoms with E-state index in [2.05, 4.69) is 6.58 Å². The number of carbonyl (C=O) groups is 2. The highest BCUT2D eigenvalue weighted by atomic mass is 32.2. The van der Waals surface area contributed by atoms with Crippen LogP contribution in [-0.4, -0.2) is 56.4 Å². The summed E-state index contributed by atoms with van der Waals surface area (Å²) < 4.78 is 28.0. The standard InChI is InChI=1S/C13H21NO5S/c1-3-9-20(17,18)10-12(15)14-7-5-11(6-8-14)13(16)19-4-2/h3,11H,1,4-10H2,2H3. The summed E-state index contributed by atoms with van der Waals surface area (Å²) in [5.41, 5.74) is 0. The number of nitrogens with zero attached hydrogens (tertiary/aromatic N) is 1. The van der Waals surface area contributed by atoms with Crippen LogP contribution in [0.25, 0.3) is 0 Å². The van der Waals surface area contributed by atoms with Crippen LogP contribution in [0.3, 0.4) is 0 Å². The Morgan fingerprint density at radius 1 is 1.35 bits per heavy atom. The minimum atomic E-state index is -3.42. The first kappa shape index (κ1) is 16.7. The molecule has 1 amide bonds. The minimum absolute atomic E-state index is 0.191. The van der Waals surface area contributed by atoms with Crippen molar-refractivity contribution in [1.29, 1.82) is 0 Å². The average molecular weight is 303 g/mol. The molecular formula is C13H21NO5S. The lowest BCUT2D eigenvalue weighted by Crippen LogP contribution is -2.43. The van der Waals surface area contributed by atoms with Gasteiger partial charge in [0.15, 0.2) is 9.84 Å².